The standard InChI is InChI=1S/C8H18N2OS/c1-9-12-10-5-3-8(4-6-10)7-11-2/h8-9H,3-7H2,1-2H3. The first-order valence-corrected chi connectivity index (χ1v) is 5.21. The molecule has 0 aromatic rings. The van der Waals surface area contributed by atoms with Crippen LogP contribution in [0.25, 0.3) is 0 Å². The second kappa shape index (κ2) is 5.80. The Morgan fingerprint density at radius 3 is 2.67 bits per heavy atom. The lowest BCUT2D eigenvalue weighted by Crippen LogP contribution is -2.31. The van der Waals surface area contributed by atoms with Gasteiger partial charge in [0.15, 0.2) is 0 Å². The van der Waals surface area contributed by atoms with Gasteiger partial charge in [0.1, 0.15) is 0 Å². The van der Waals surface area contributed by atoms with E-state index in [1.54, 1.807) is 19.2 Å². The predicted molar refractivity (Wildman–Crippen MR) is 52.8 cm³/mol. The molecule has 1 N–H and O–H groups in total. The quantitative estimate of drug-likeness (QED) is 0.672. The molecule has 0 bridgehead atoms. The Morgan fingerprint density at radius 1 is 1.50 bits per heavy atom. The number of hydrogen-bond acceptors (Lipinski definition) is 4. The smallest absolute Gasteiger partial charge is 0.0491 e. The maximum Gasteiger partial charge on any atom is 0.0491 e. The zero-order valence-corrected chi connectivity index (χ0v) is 8.69. The van der Waals surface area contributed by atoms with Gasteiger partial charge in [0, 0.05) is 38.9 Å². The van der Waals surface area contributed by atoms with Crippen molar-refractivity contribution >= 4 is 12.1 Å². The van der Waals surface area contributed by atoms with Gasteiger partial charge in [0.05, 0.1) is 0 Å². The van der Waals surface area contributed by atoms with Crippen LogP contribution in [-0.2, 0) is 4.74 Å². The lowest BCUT2D eigenvalue weighted by molar-refractivity contribution is 0.123. The highest BCUT2D eigenvalue weighted by Crippen LogP contribution is 2.20. The van der Waals surface area contributed by atoms with E-state index < -0.39 is 0 Å². The molecule has 0 aromatic heterocycles. The zero-order valence-electron chi connectivity index (χ0n) is 7.88. The van der Waals surface area contributed by atoms with E-state index in [0.717, 1.165) is 12.5 Å². The molecule has 3 nitrogen and oxygen atoms in total. The Hall–Kier alpha value is 0.230. The number of nitrogens with zero attached hydrogens (tertiary/aromatic N) is 1. The molecule has 1 rings (SSSR count). The maximum absolute atomic E-state index is 5.14. The first-order valence-electron chi connectivity index (χ1n) is 4.44. The molecule has 1 saturated heterocycles. The summed E-state index contributed by atoms with van der Waals surface area (Å²) in [7, 11) is 3.75. The molecule has 0 unspecified atom stereocenters. The Labute approximate surface area is 79.1 Å². The van der Waals surface area contributed by atoms with Crippen molar-refractivity contribution in [3.05, 3.63) is 0 Å². The molecule has 1 fully saturated rings. The number of piperidine rings is 1. The number of nitrogens with one attached hydrogen (secondary N) is 1. The van der Waals surface area contributed by atoms with Crippen LogP contribution in [0.3, 0.4) is 0 Å². The number of hydrogen-bond donors (Lipinski definition) is 1. The van der Waals surface area contributed by atoms with E-state index >= 15 is 0 Å². The molecule has 0 atom stereocenters. The van der Waals surface area contributed by atoms with Crippen LogP contribution in [0.1, 0.15) is 12.8 Å². The average Bonchev–Trinajstić information content (AvgIpc) is 2.09. The summed E-state index contributed by atoms with van der Waals surface area (Å²) in [4.78, 5) is 0. The summed E-state index contributed by atoms with van der Waals surface area (Å²) in [6.07, 6.45) is 2.53. The summed E-state index contributed by atoms with van der Waals surface area (Å²) in [5.74, 6) is 0.781. The highest BCUT2D eigenvalue weighted by molar-refractivity contribution is 7.95. The minimum atomic E-state index is 0.781. The molecule has 0 saturated carbocycles. The largest absolute Gasteiger partial charge is 0.384 e. The van der Waals surface area contributed by atoms with Crippen LogP contribution >= 0.6 is 12.1 Å². The fourth-order valence-corrected chi connectivity index (χ4v) is 2.18. The van der Waals surface area contributed by atoms with Gasteiger partial charge in [0.25, 0.3) is 0 Å². The van der Waals surface area contributed by atoms with Gasteiger partial charge in [-0.25, -0.2) is 4.31 Å². The molecule has 72 valence electrons. The highest BCUT2D eigenvalue weighted by atomic mass is 32.2. The Bertz CT molecular complexity index is 102. The topological polar surface area (TPSA) is 24.5 Å². The summed E-state index contributed by atoms with van der Waals surface area (Å²) in [5.41, 5.74) is 0. The normalized spacial score (nSPS) is 21.5. The van der Waals surface area contributed by atoms with E-state index in [9.17, 15) is 0 Å². The number of methoxy groups -OCH3 is 1. The van der Waals surface area contributed by atoms with Gasteiger partial charge < -0.3 is 4.74 Å². The molecule has 1 aliphatic heterocycles. The molecule has 4 heteroatoms. The molecule has 0 aliphatic carbocycles. The van der Waals surface area contributed by atoms with Gasteiger partial charge in [-0.05, 0) is 25.8 Å². The van der Waals surface area contributed by atoms with Crippen LogP contribution in [0.15, 0.2) is 0 Å². The van der Waals surface area contributed by atoms with Crippen molar-refractivity contribution in [3.63, 3.8) is 0 Å². The van der Waals surface area contributed by atoms with Crippen molar-refractivity contribution in [3.8, 4) is 0 Å². The molecule has 0 spiro atoms. The third kappa shape index (κ3) is 3.31. The van der Waals surface area contributed by atoms with Crippen LogP contribution in [-0.4, -0.2) is 38.2 Å². The summed E-state index contributed by atoms with van der Waals surface area (Å²) >= 11 is 1.71. The van der Waals surface area contributed by atoms with Gasteiger partial charge in [-0.2, -0.15) is 0 Å². The molecule has 0 radical (unpaired) electrons. The molecule has 0 aromatic carbocycles. The van der Waals surface area contributed by atoms with Crippen molar-refractivity contribution in [2.24, 2.45) is 5.92 Å². The zero-order chi connectivity index (χ0) is 8.81. The molecule has 0 amide bonds. The summed E-state index contributed by atoms with van der Waals surface area (Å²) in [5, 5.41) is 0. The third-order valence-electron chi connectivity index (χ3n) is 2.20. The van der Waals surface area contributed by atoms with Gasteiger partial charge in [-0.15, -0.1) is 0 Å². The molecule has 1 aliphatic rings. The van der Waals surface area contributed by atoms with Crippen LogP contribution in [0, 0.1) is 5.92 Å². The Morgan fingerprint density at radius 2 is 2.17 bits per heavy atom. The minimum Gasteiger partial charge on any atom is -0.384 e. The van der Waals surface area contributed by atoms with E-state index in [0.29, 0.717) is 0 Å². The van der Waals surface area contributed by atoms with Crippen molar-refractivity contribution in [1.82, 2.24) is 9.03 Å². The van der Waals surface area contributed by atoms with Gasteiger partial charge in [-0.1, -0.05) is 0 Å². The molecule has 12 heavy (non-hydrogen) atoms. The minimum absolute atomic E-state index is 0.781. The first-order chi connectivity index (χ1) is 5.86. The SMILES string of the molecule is CNSN1CCC(COC)CC1. The van der Waals surface area contributed by atoms with E-state index in [1.807, 2.05) is 7.05 Å². The lowest BCUT2D eigenvalue weighted by Gasteiger charge is -2.29. The number of rotatable bonds is 4. The van der Waals surface area contributed by atoms with Crippen LogP contribution in [0.5, 0.6) is 0 Å². The summed E-state index contributed by atoms with van der Waals surface area (Å²) in [6, 6.07) is 0. The maximum atomic E-state index is 5.14. The molecular weight excluding hydrogens is 172 g/mol. The van der Waals surface area contributed by atoms with E-state index in [-0.39, 0.29) is 0 Å². The Balaban J connectivity index is 2.11. The van der Waals surface area contributed by atoms with Crippen molar-refractivity contribution in [1.29, 1.82) is 0 Å². The van der Waals surface area contributed by atoms with Crippen LogP contribution < -0.4 is 4.72 Å². The van der Waals surface area contributed by atoms with Crippen LogP contribution in [0.4, 0.5) is 0 Å². The van der Waals surface area contributed by atoms with E-state index in [1.165, 1.54) is 25.9 Å². The second-order valence-corrected chi connectivity index (χ2v) is 4.23. The fourth-order valence-electron chi connectivity index (χ4n) is 1.53. The third-order valence-corrected chi connectivity index (χ3v) is 3.00. The number of ether oxygens (including phenoxy) is 1. The van der Waals surface area contributed by atoms with E-state index in [4.69, 9.17) is 4.74 Å². The average molecular weight is 190 g/mol. The van der Waals surface area contributed by atoms with Crippen molar-refractivity contribution in [2.75, 3.05) is 33.9 Å². The van der Waals surface area contributed by atoms with Crippen LogP contribution in [0.2, 0.25) is 0 Å². The second-order valence-electron chi connectivity index (χ2n) is 3.12. The molecular formula is C8H18N2OS. The van der Waals surface area contributed by atoms with Crippen molar-refractivity contribution in [2.45, 2.75) is 12.8 Å². The van der Waals surface area contributed by atoms with Gasteiger partial charge in [-0.3, -0.25) is 4.72 Å². The Kier molecular flexibility index (Phi) is 4.99. The predicted octanol–water partition coefficient (Wildman–Crippen LogP) is 1.13. The van der Waals surface area contributed by atoms with E-state index in [2.05, 4.69) is 9.03 Å². The van der Waals surface area contributed by atoms with Crippen molar-refractivity contribution < 1.29 is 4.74 Å². The molecule has 1 heterocycles. The highest BCUT2D eigenvalue weighted by Gasteiger charge is 2.18. The summed E-state index contributed by atoms with van der Waals surface area (Å²) in [6.45, 7) is 3.29. The van der Waals surface area contributed by atoms with Gasteiger partial charge >= 0.3 is 0 Å². The first kappa shape index (κ1) is 10.3. The lowest BCUT2D eigenvalue weighted by atomic mass is 9.99. The monoisotopic (exact) mass is 190 g/mol. The summed E-state index contributed by atoms with van der Waals surface area (Å²) < 4.78 is 10.6. The fraction of sp³-hybridized carbons (Fsp3) is 1.00. The van der Waals surface area contributed by atoms with Gasteiger partial charge in [0.2, 0.25) is 0 Å².